The zero-order chi connectivity index (χ0) is 11.5. The smallest absolute Gasteiger partial charge is 0.0595 e. The first kappa shape index (κ1) is 12.2. The standard InChI is InChI=1S/C13H17Cl2N/c1-16-13(7-9-3-2-4-9)10-5-6-11(14)12(15)8-10/h5-6,8-9,13,16H,2-4,7H2,1H3. The van der Waals surface area contributed by atoms with Gasteiger partial charge < -0.3 is 5.32 Å². The minimum Gasteiger partial charge on any atom is -0.313 e. The zero-order valence-electron chi connectivity index (χ0n) is 9.47. The SMILES string of the molecule is CNC(CC1CCC1)c1ccc(Cl)c(Cl)c1. The lowest BCUT2D eigenvalue weighted by Crippen LogP contribution is -2.23. The summed E-state index contributed by atoms with van der Waals surface area (Å²) in [6, 6.07) is 6.32. The van der Waals surface area contributed by atoms with E-state index in [1.807, 2.05) is 19.2 Å². The summed E-state index contributed by atoms with van der Waals surface area (Å²) in [6.07, 6.45) is 5.34. The van der Waals surface area contributed by atoms with Crippen LogP contribution in [0.25, 0.3) is 0 Å². The Bertz CT molecular complexity index is 361. The molecule has 0 amide bonds. The van der Waals surface area contributed by atoms with Gasteiger partial charge in [0, 0.05) is 6.04 Å². The lowest BCUT2D eigenvalue weighted by atomic mass is 9.79. The zero-order valence-corrected chi connectivity index (χ0v) is 11.0. The highest BCUT2D eigenvalue weighted by molar-refractivity contribution is 6.42. The second-order valence-electron chi connectivity index (χ2n) is 4.55. The lowest BCUT2D eigenvalue weighted by molar-refractivity contribution is 0.265. The van der Waals surface area contributed by atoms with Gasteiger partial charge in [0.2, 0.25) is 0 Å². The van der Waals surface area contributed by atoms with E-state index in [1.165, 1.54) is 31.2 Å². The Morgan fingerprint density at radius 3 is 2.56 bits per heavy atom. The summed E-state index contributed by atoms with van der Waals surface area (Å²) in [4.78, 5) is 0. The maximum absolute atomic E-state index is 6.04. The molecule has 1 aromatic carbocycles. The van der Waals surface area contributed by atoms with Crippen molar-refractivity contribution in [3.8, 4) is 0 Å². The van der Waals surface area contributed by atoms with E-state index >= 15 is 0 Å². The Hall–Kier alpha value is -0.240. The first-order valence-corrected chi connectivity index (χ1v) is 6.58. The van der Waals surface area contributed by atoms with Crippen LogP contribution < -0.4 is 5.32 Å². The molecule has 1 unspecified atom stereocenters. The Kier molecular flexibility index (Phi) is 4.12. The third kappa shape index (κ3) is 2.71. The molecule has 0 bridgehead atoms. The van der Waals surface area contributed by atoms with Crippen molar-refractivity contribution in [2.24, 2.45) is 5.92 Å². The average Bonchev–Trinajstić information content (AvgIpc) is 2.21. The van der Waals surface area contributed by atoms with Gasteiger partial charge in [0.1, 0.15) is 0 Å². The first-order valence-electron chi connectivity index (χ1n) is 5.83. The summed E-state index contributed by atoms with van der Waals surface area (Å²) in [5, 5.41) is 4.64. The summed E-state index contributed by atoms with van der Waals surface area (Å²) in [5.41, 5.74) is 1.24. The van der Waals surface area contributed by atoms with Gasteiger partial charge in [0.05, 0.1) is 10.0 Å². The Morgan fingerprint density at radius 2 is 2.06 bits per heavy atom. The van der Waals surface area contributed by atoms with Crippen molar-refractivity contribution in [3.05, 3.63) is 33.8 Å². The fourth-order valence-electron chi connectivity index (χ4n) is 2.21. The number of halogens is 2. The van der Waals surface area contributed by atoms with Crippen molar-refractivity contribution in [1.29, 1.82) is 0 Å². The highest BCUT2D eigenvalue weighted by Crippen LogP contribution is 2.35. The second kappa shape index (κ2) is 5.39. The van der Waals surface area contributed by atoms with E-state index in [1.54, 1.807) is 0 Å². The van der Waals surface area contributed by atoms with Gasteiger partial charge in [-0.25, -0.2) is 0 Å². The molecule has 0 spiro atoms. The van der Waals surface area contributed by atoms with Crippen LogP contribution in [0.2, 0.25) is 10.0 Å². The van der Waals surface area contributed by atoms with Gasteiger partial charge in [-0.3, -0.25) is 0 Å². The predicted molar refractivity (Wildman–Crippen MR) is 70.2 cm³/mol. The molecule has 16 heavy (non-hydrogen) atoms. The number of benzene rings is 1. The topological polar surface area (TPSA) is 12.0 Å². The number of hydrogen-bond donors (Lipinski definition) is 1. The number of nitrogens with one attached hydrogen (secondary N) is 1. The second-order valence-corrected chi connectivity index (χ2v) is 5.36. The molecule has 1 aliphatic carbocycles. The van der Waals surface area contributed by atoms with E-state index in [0.29, 0.717) is 16.1 Å². The normalized spacial score (nSPS) is 18.2. The van der Waals surface area contributed by atoms with E-state index < -0.39 is 0 Å². The van der Waals surface area contributed by atoms with Crippen molar-refractivity contribution in [3.63, 3.8) is 0 Å². The molecule has 1 fully saturated rings. The van der Waals surface area contributed by atoms with E-state index in [0.717, 1.165) is 5.92 Å². The van der Waals surface area contributed by atoms with Crippen molar-refractivity contribution < 1.29 is 0 Å². The van der Waals surface area contributed by atoms with E-state index in [-0.39, 0.29) is 0 Å². The molecule has 0 saturated heterocycles. The molecule has 1 saturated carbocycles. The van der Waals surface area contributed by atoms with E-state index in [9.17, 15) is 0 Å². The fourth-order valence-corrected chi connectivity index (χ4v) is 2.52. The molecule has 88 valence electrons. The van der Waals surface area contributed by atoms with Gasteiger partial charge in [0.25, 0.3) is 0 Å². The van der Waals surface area contributed by atoms with E-state index in [4.69, 9.17) is 23.2 Å². The Morgan fingerprint density at radius 1 is 1.31 bits per heavy atom. The van der Waals surface area contributed by atoms with Crippen molar-refractivity contribution in [2.75, 3.05) is 7.05 Å². The lowest BCUT2D eigenvalue weighted by Gasteiger charge is -2.29. The largest absolute Gasteiger partial charge is 0.313 e. The molecule has 1 nitrogen and oxygen atoms in total. The Labute approximate surface area is 107 Å². The van der Waals surface area contributed by atoms with Crippen LogP contribution in [0.1, 0.15) is 37.3 Å². The fraction of sp³-hybridized carbons (Fsp3) is 0.538. The van der Waals surface area contributed by atoms with Crippen LogP contribution in [0.5, 0.6) is 0 Å². The van der Waals surface area contributed by atoms with Crippen molar-refractivity contribution >= 4 is 23.2 Å². The molecule has 2 rings (SSSR count). The van der Waals surface area contributed by atoms with Gasteiger partial charge in [-0.1, -0.05) is 48.5 Å². The molecule has 3 heteroatoms. The molecular weight excluding hydrogens is 241 g/mol. The highest BCUT2D eigenvalue weighted by Gasteiger charge is 2.22. The van der Waals surface area contributed by atoms with Crippen LogP contribution in [0.15, 0.2) is 18.2 Å². The van der Waals surface area contributed by atoms with Crippen LogP contribution in [0.3, 0.4) is 0 Å². The van der Waals surface area contributed by atoms with E-state index in [2.05, 4.69) is 11.4 Å². The van der Waals surface area contributed by atoms with Crippen LogP contribution in [0, 0.1) is 5.92 Å². The quantitative estimate of drug-likeness (QED) is 0.841. The summed E-state index contributed by atoms with van der Waals surface area (Å²) in [6.45, 7) is 0. The van der Waals surface area contributed by atoms with Gasteiger partial charge >= 0.3 is 0 Å². The molecule has 1 aromatic rings. The number of rotatable bonds is 4. The molecule has 0 heterocycles. The predicted octanol–water partition coefficient (Wildman–Crippen LogP) is 4.44. The average molecular weight is 258 g/mol. The van der Waals surface area contributed by atoms with Crippen molar-refractivity contribution in [2.45, 2.75) is 31.7 Å². The molecule has 0 aromatic heterocycles. The molecule has 1 atom stereocenters. The molecular formula is C13H17Cl2N. The summed E-state index contributed by atoms with van der Waals surface area (Å²) < 4.78 is 0. The highest BCUT2D eigenvalue weighted by atomic mass is 35.5. The molecule has 1 aliphatic rings. The minimum atomic E-state index is 0.403. The third-order valence-corrected chi connectivity index (χ3v) is 4.23. The monoisotopic (exact) mass is 257 g/mol. The maximum atomic E-state index is 6.04. The van der Waals surface area contributed by atoms with Crippen molar-refractivity contribution in [1.82, 2.24) is 5.32 Å². The Balaban J connectivity index is 2.09. The van der Waals surface area contributed by atoms with Crippen LogP contribution in [-0.2, 0) is 0 Å². The summed E-state index contributed by atoms with van der Waals surface area (Å²) in [7, 11) is 2.01. The van der Waals surface area contributed by atoms with Gasteiger partial charge in [0.15, 0.2) is 0 Å². The first-order chi connectivity index (χ1) is 7.70. The summed E-state index contributed by atoms with van der Waals surface area (Å²) >= 11 is 12.0. The van der Waals surface area contributed by atoms with Crippen LogP contribution in [-0.4, -0.2) is 7.05 Å². The summed E-state index contributed by atoms with van der Waals surface area (Å²) in [5.74, 6) is 0.881. The molecule has 0 aliphatic heterocycles. The number of hydrogen-bond acceptors (Lipinski definition) is 1. The van der Waals surface area contributed by atoms with Gasteiger partial charge in [-0.2, -0.15) is 0 Å². The van der Waals surface area contributed by atoms with Gasteiger partial charge in [-0.05, 0) is 37.1 Å². The molecule has 1 N–H and O–H groups in total. The minimum absolute atomic E-state index is 0.403. The maximum Gasteiger partial charge on any atom is 0.0595 e. The molecule has 0 radical (unpaired) electrons. The van der Waals surface area contributed by atoms with Crippen LogP contribution >= 0.6 is 23.2 Å². The third-order valence-electron chi connectivity index (χ3n) is 3.49. The van der Waals surface area contributed by atoms with Crippen LogP contribution in [0.4, 0.5) is 0 Å². The van der Waals surface area contributed by atoms with Gasteiger partial charge in [-0.15, -0.1) is 0 Å².